The average molecular weight is 204 g/mol. The highest BCUT2D eigenvalue weighted by Gasteiger charge is 1.96. The van der Waals surface area contributed by atoms with Gasteiger partial charge in [0.25, 0.3) is 0 Å². The predicted octanol–water partition coefficient (Wildman–Crippen LogP) is 2.31. The normalized spacial score (nSPS) is 9.33. The van der Waals surface area contributed by atoms with Crippen LogP contribution < -0.4 is 10.1 Å². The van der Waals surface area contributed by atoms with Gasteiger partial charge in [-0.05, 0) is 12.5 Å². The van der Waals surface area contributed by atoms with Crippen LogP contribution in [0.3, 0.4) is 0 Å². The van der Waals surface area contributed by atoms with E-state index in [9.17, 15) is 0 Å². The van der Waals surface area contributed by atoms with Crippen molar-refractivity contribution >= 4 is 5.82 Å². The van der Waals surface area contributed by atoms with Gasteiger partial charge in [0.15, 0.2) is 0 Å². The summed E-state index contributed by atoms with van der Waals surface area (Å²) in [5.74, 6) is 3.98. The summed E-state index contributed by atoms with van der Waals surface area (Å²) in [5, 5.41) is 3.19. The maximum Gasteiger partial charge on any atom is 0.215 e. The van der Waals surface area contributed by atoms with Crippen molar-refractivity contribution in [1.82, 2.24) is 4.98 Å². The molecule has 1 rings (SSSR count). The van der Waals surface area contributed by atoms with Crippen LogP contribution in [0, 0.1) is 12.3 Å². The minimum atomic E-state index is 0.515. The zero-order valence-electron chi connectivity index (χ0n) is 8.99. The number of hydrogen-bond acceptors (Lipinski definition) is 3. The molecule has 1 N–H and O–H groups in total. The summed E-state index contributed by atoms with van der Waals surface area (Å²) in [6.07, 6.45) is 6.80. The molecule has 0 bridgehead atoms. The number of nitrogens with zero attached hydrogens (tertiary/aromatic N) is 1. The van der Waals surface area contributed by atoms with E-state index >= 15 is 0 Å². The minimum absolute atomic E-state index is 0.515. The quantitative estimate of drug-likeness (QED) is 0.570. The monoisotopic (exact) mass is 204 g/mol. The zero-order valence-corrected chi connectivity index (χ0v) is 8.99. The predicted molar refractivity (Wildman–Crippen MR) is 62.0 cm³/mol. The molecule has 1 aromatic heterocycles. The number of anilines is 1. The second kappa shape index (κ2) is 6.72. The fourth-order valence-electron chi connectivity index (χ4n) is 1.06. The second-order valence-corrected chi connectivity index (χ2v) is 3.09. The lowest BCUT2D eigenvalue weighted by atomic mass is 10.4. The highest BCUT2D eigenvalue weighted by molar-refractivity contribution is 5.36. The minimum Gasteiger partial charge on any atom is -0.477 e. The van der Waals surface area contributed by atoms with E-state index in [1.807, 2.05) is 18.2 Å². The molecule has 0 aliphatic carbocycles. The summed E-state index contributed by atoms with van der Waals surface area (Å²) in [6.45, 7) is 3.54. The van der Waals surface area contributed by atoms with E-state index < -0.39 is 0 Å². The first-order valence-electron chi connectivity index (χ1n) is 5.14. The first-order valence-corrected chi connectivity index (χ1v) is 5.14. The van der Waals surface area contributed by atoms with Crippen molar-refractivity contribution in [2.24, 2.45) is 0 Å². The van der Waals surface area contributed by atoms with Gasteiger partial charge in [-0.1, -0.05) is 13.0 Å². The van der Waals surface area contributed by atoms with E-state index in [-0.39, 0.29) is 0 Å². The number of rotatable bonds is 6. The largest absolute Gasteiger partial charge is 0.477 e. The average Bonchev–Trinajstić information content (AvgIpc) is 2.27. The summed E-state index contributed by atoms with van der Waals surface area (Å²) in [7, 11) is 0. The summed E-state index contributed by atoms with van der Waals surface area (Å²) in [5.41, 5.74) is 0. The molecule has 80 valence electrons. The van der Waals surface area contributed by atoms with Gasteiger partial charge in [0.2, 0.25) is 5.88 Å². The molecule has 0 fully saturated rings. The Balaban J connectivity index is 2.47. The summed E-state index contributed by atoms with van der Waals surface area (Å²) < 4.78 is 5.37. The SMILES string of the molecule is C#CCCOc1cccc(NCCC)n1. The molecule has 0 unspecified atom stereocenters. The van der Waals surface area contributed by atoms with Crippen LogP contribution in [0.1, 0.15) is 19.8 Å². The van der Waals surface area contributed by atoms with Crippen molar-refractivity contribution < 1.29 is 4.74 Å². The lowest BCUT2D eigenvalue weighted by molar-refractivity contribution is 0.315. The smallest absolute Gasteiger partial charge is 0.215 e. The van der Waals surface area contributed by atoms with Crippen molar-refractivity contribution in [2.75, 3.05) is 18.5 Å². The van der Waals surface area contributed by atoms with E-state index in [1.165, 1.54) is 0 Å². The molecule has 0 aliphatic rings. The van der Waals surface area contributed by atoms with Gasteiger partial charge in [0, 0.05) is 19.0 Å². The number of terminal acetylenes is 1. The van der Waals surface area contributed by atoms with Gasteiger partial charge >= 0.3 is 0 Å². The van der Waals surface area contributed by atoms with Gasteiger partial charge in [0.1, 0.15) is 12.4 Å². The molecule has 0 spiro atoms. The van der Waals surface area contributed by atoms with Gasteiger partial charge < -0.3 is 10.1 Å². The third kappa shape index (κ3) is 4.37. The van der Waals surface area contributed by atoms with Crippen molar-refractivity contribution in [2.45, 2.75) is 19.8 Å². The molecular weight excluding hydrogens is 188 g/mol. The molecule has 0 saturated heterocycles. The number of aromatic nitrogens is 1. The van der Waals surface area contributed by atoms with Gasteiger partial charge in [-0.15, -0.1) is 12.3 Å². The van der Waals surface area contributed by atoms with Crippen molar-refractivity contribution in [3.63, 3.8) is 0 Å². The van der Waals surface area contributed by atoms with Gasteiger partial charge in [-0.3, -0.25) is 0 Å². The van der Waals surface area contributed by atoms with E-state index in [2.05, 4.69) is 23.1 Å². The van der Waals surface area contributed by atoms with Crippen LogP contribution in [0.25, 0.3) is 0 Å². The maximum absolute atomic E-state index is 5.37. The number of nitrogens with one attached hydrogen (secondary N) is 1. The molecule has 0 atom stereocenters. The van der Waals surface area contributed by atoms with Crippen LogP contribution in [0.15, 0.2) is 18.2 Å². The molecular formula is C12H16N2O. The Kier molecular flexibility index (Phi) is 5.10. The van der Waals surface area contributed by atoms with Crippen LogP contribution in [0.2, 0.25) is 0 Å². The third-order valence-electron chi connectivity index (χ3n) is 1.78. The third-order valence-corrected chi connectivity index (χ3v) is 1.78. The Hall–Kier alpha value is -1.69. The molecule has 3 heteroatoms. The standard InChI is InChI=1S/C12H16N2O/c1-3-5-10-15-12-8-6-7-11(14-12)13-9-4-2/h1,6-8H,4-5,9-10H2,2H3,(H,13,14). The molecule has 1 heterocycles. The van der Waals surface area contributed by atoms with Gasteiger partial charge in [-0.25, -0.2) is 0 Å². The number of hydrogen-bond donors (Lipinski definition) is 1. The Bertz CT molecular complexity index is 331. The Labute approximate surface area is 90.9 Å². The maximum atomic E-state index is 5.37. The molecule has 0 aliphatic heterocycles. The molecule has 1 aromatic rings. The topological polar surface area (TPSA) is 34.1 Å². The zero-order chi connectivity index (χ0) is 10.9. The summed E-state index contributed by atoms with van der Waals surface area (Å²) >= 11 is 0. The molecule has 0 amide bonds. The van der Waals surface area contributed by atoms with E-state index in [1.54, 1.807) is 0 Å². The van der Waals surface area contributed by atoms with E-state index in [0.29, 0.717) is 18.9 Å². The molecule has 3 nitrogen and oxygen atoms in total. The van der Waals surface area contributed by atoms with Crippen molar-refractivity contribution in [3.05, 3.63) is 18.2 Å². The highest BCUT2D eigenvalue weighted by Crippen LogP contribution is 2.11. The number of pyridine rings is 1. The molecule has 15 heavy (non-hydrogen) atoms. The summed E-state index contributed by atoms with van der Waals surface area (Å²) in [6, 6.07) is 5.66. The van der Waals surface area contributed by atoms with Gasteiger partial charge in [0.05, 0.1) is 0 Å². The molecule has 0 radical (unpaired) electrons. The second-order valence-electron chi connectivity index (χ2n) is 3.09. The highest BCUT2D eigenvalue weighted by atomic mass is 16.5. The van der Waals surface area contributed by atoms with Gasteiger partial charge in [-0.2, -0.15) is 4.98 Å². The summed E-state index contributed by atoms with van der Waals surface area (Å²) in [4.78, 5) is 4.28. The van der Waals surface area contributed by atoms with E-state index in [0.717, 1.165) is 18.8 Å². The lowest BCUT2D eigenvalue weighted by Gasteiger charge is -2.06. The van der Waals surface area contributed by atoms with Crippen LogP contribution >= 0.6 is 0 Å². The van der Waals surface area contributed by atoms with Crippen molar-refractivity contribution in [3.8, 4) is 18.2 Å². The van der Waals surface area contributed by atoms with Crippen LogP contribution in [0.4, 0.5) is 5.82 Å². The lowest BCUT2D eigenvalue weighted by Crippen LogP contribution is -2.03. The molecule has 0 aromatic carbocycles. The van der Waals surface area contributed by atoms with Crippen LogP contribution in [-0.4, -0.2) is 18.1 Å². The fourth-order valence-corrected chi connectivity index (χ4v) is 1.06. The first kappa shape index (κ1) is 11.4. The van der Waals surface area contributed by atoms with E-state index in [4.69, 9.17) is 11.2 Å². The number of ether oxygens (including phenoxy) is 1. The van der Waals surface area contributed by atoms with Crippen molar-refractivity contribution in [1.29, 1.82) is 0 Å². The Morgan fingerprint density at radius 1 is 1.53 bits per heavy atom. The Morgan fingerprint density at radius 2 is 2.40 bits per heavy atom. The first-order chi connectivity index (χ1) is 7.36. The molecule has 0 saturated carbocycles. The fraction of sp³-hybridized carbons (Fsp3) is 0.417. The Morgan fingerprint density at radius 3 is 3.13 bits per heavy atom. The van der Waals surface area contributed by atoms with Crippen LogP contribution in [0.5, 0.6) is 5.88 Å². The van der Waals surface area contributed by atoms with Crippen LogP contribution in [-0.2, 0) is 0 Å².